The third-order valence-corrected chi connectivity index (χ3v) is 4.42. The van der Waals surface area contributed by atoms with Crippen molar-refractivity contribution in [2.24, 2.45) is 11.3 Å². The van der Waals surface area contributed by atoms with E-state index in [-0.39, 0.29) is 24.0 Å². The Morgan fingerprint density at radius 1 is 1.69 bits per heavy atom. The molecular weight excluding hydrogens is 190 g/mol. The smallest absolute Gasteiger partial charge is 0.150 e. The first-order valence-corrected chi connectivity index (χ1v) is 6.04. The van der Waals surface area contributed by atoms with Crippen molar-refractivity contribution in [2.45, 2.75) is 13.3 Å². The molecular formula is C8H13NO3S. The Morgan fingerprint density at radius 3 is 2.62 bits per heavy atom. The summed E-state index contributed by atoms with van der Waals surface area (Å²) in [5, 5.41) is 17.6. The highest BCUT2D eigenvalue weighted by atomic mass is 32.2. The molecule has 0 amide bonds. The van der Waals surface area contributed by atoms with E-state index in [0.717, 1.165) is 0 Å². The maximum absolute atomic E-state index is 11.2. The average molecular weight is 203 g/mol. The maximum atomic E-state index is 11.2. The number of aliphatic hydroxyl groups is 1. The number of hydrogen-bond acceptors (Lipinski definition) is 4. The minimum Gasteiger partial charge on any atom is -0.395 e. The van der Waals surface area contributed by atoms with E-state index in [1.54, 1.807) is 6.92 Å². The fraction of sp³-hybridized carbons (Fsp3) is 0.875. The molecule has 0 heterocycles. The molecule has 0 spiro atoms. The average Bonchev–Trinajstić information content (AvgIpc) is 2.79. The van der Waals surface area contributed by atoms with Crippen LogP contribution in [0.5, 0.6) is 0 Å². The Kier molecular flexibility index (Phi) is 2.64. The van der Waals surface area contributed by atoms with Crippen molar-refractivity contribution in [3.8, 4) is 6.07 Å². The molecule has 0 bridgehead atoms. The van der Waals surface area contributed by atoms with Gasteiger partial charge in [-0.15, -0.1) is 0 Å². The Hall–Kier alpha value is -0.600. The lowest BCUT2D eigenvalue weighted by molar-refractivity contribution is 0.237. The van der Waals surface area contributed by atoms with Crippen LogP contribution in [0.25, 0.3) is 0 Å². The molecule has 0 aliphatic heterocycles. The van der Waals surface area contributed by atoms with Crippen molar-refractivity contribution < 1.29 is 13.5 Å². The molecule has 2 atom stereocenters. The SMILES string of the molecule is CCS(=O)(=O)CC1CC1(C#N)CO. The van der Waals surface area contributed by atoms with Crippen molar-refractivity contribution in [1.82, 2.24) is 0 Å². The lowest BCUT2D eigenvalue weighted by atomic mass is 10.1. The van der Waals surface area contributed by atoms with Crippen molar-refractivity contribution in [3.05, 3.63) is 0 Å². The van der Waals surface area contributed by atoms with Crippen molar-refractivity contribution in [2.75, 3.05) is 18.1 Å². The van der Waals surface area contributed by atoms with E-state index in [0.29, 0.717) is 6.42 Å². The van der Waals surface area contributed by atoms with Gasteiger partial charge >= 0.3 is 0 Å². The van der Waals surface area contributed by atoms with Gasteiger partial charge in [0, 0.05) is 5.75 Å². The number of nitrogens with zero attached hydrogens (tertiary/aromatic N) is 1. The molecule has 1 aliphatic carbocycles. The summed E-state index contributed by atoms with van der Waals surface area (Å²) in [5.41, 5.74) is -0.762. The largest absolute Gasteiger partial charge is 0.395 e. The number of nitriles is 1. The zero-order valence-electron chi connectivity index (χ0n) is 7.52. The summed E-state index contributed by atoms with van der Waals surface area (Å²) in [6.07, 6.45) is 0.513. The topological polar surface area (TPSA) is 78.2 Å². The Balaban J connectivity index is 2.59. The van der Waals surface area contributed by atoms with Gasteiger partial charge in [-0.1, -0.05) is 6.92 Å². The summed E-state index contributed by atoms with van der Waals surface area (Å²) < 4.78 is 22.4. The van der Waals surface area contributed by atoms with Gasteiger partial charge in [0.15, 0.2) is 0 Å². The predicted molar refractivity (Wildman–Crippen MR) is 47.6 cm³/mol. The highest BCUT2D eigenvalue weighted by Gasteiger charge is 2.55. The summed E-state index contributed by atoms with van der Waals surface area (Å²) >= 11 is 0. The highest BCUT2D eigenvalue weighted by Crippen LogP contribution is 2.52. The van der Waals surface area contributed by atoms with Crippen LogP contribution in [0, 0.1) is 22.7 Å². The van der Waals surface area contributed by atoms with E-state index in [9.17, 15) is 8.42 Å². The minimum atomic E-state index is -3.01. The Bertz CT molecular complexity index is 330. The summed E-state index contributed by atoms with van der Waals surface area (Å²) in [5.74, 6) is -0.0129. The molecule has 74 valence electrons. The molecule has 13 heavy (non-hydrogen) atoms. The molecule has 0 aromatic carbocycles. The van der Waals surface area contributed by atoms with Gasteiger partial charge in [0.25, 0.3) is 0 Å². The standard InChI is InChI=1S/C8H13NO3S/c1-2-13(11,12)4-7-3-8(7,5-9)6-10/h7,10H,2-4,6H2,1H3. The molecule has 4 nitrogen and oxygen atoms in total. The summed E-state index contributed by atoms with van der Waals surface area (Å²) in [7, 11) is -3.01. The summed E-state index contributed by atoms with van der Waals surface area (Å²) in [4.78, 5) is 0. The first kappa shape index (κ1) is 10.5. The normalized spacial score (nSPS) is 32.5. The molecule has 0 radical (unpaired) electrons. The van der Waals surface area contributed by atoms with Gasteiger partial charge < -0.3 is 5.11 Å². The van der Waals surface area contributed by atoms with Gasteiger partial charge in [0.1, 0.15) is 9.84 Å². The zero-order valence-corrected chi connectivity index (χ0v) is 8.34. The minimum absolute atomic E-state index is 0.0393. The first-order chi connectivity index (χ1) is 5.99. The van der Waals surface area contributed by atoms with E-state index in [2.05, 4.69) is 0 Å². The van der Waals surface area contributed by atoms with Gasteiger partial charge in [-0.05, 0) is 12.3 Å². The Morgan fingerprint density at radius 2 is 2.31 bits per heavy atom. The summed E-state index contributed by atoms with van der Waals surface area (Å²) in [6, 6.07) is 1.98. The third kappa shape index (κ3) is 2.01. The van der Waals surface area contributed by atoms with Gasteiger partial charge in [-0.3, -0.25) is 0 Å². The second kappa shape index (κ2) is 3.28. The molecule has 0 aromatic heterocycles. The molecule has 5 heteroatoms. The molecule has 0 saturated heterocycles. The monoisotopic (exact) mass is 203 g/mol. The van der Waals surface area contributed by atoms with Crippen molar-refractivity contribution in [3.63, 3.8) is 0 Å². The van der Waals surface area contributed by atoms with Crippen LogP contribution < -0.4 is 0 Å². The van der Waals surface area contributed by atoms with Gasteiger partial charge in [-0.25, -0.2) is 8.42 Å². The van der Waals surface area contributed by atoms with E-state index < -0.39 is 15.3 Å². The second-order valence-electron chi connectivity index (χ2n) is 3.53. The maximum Gasteiger partial charge on any atom is 0.150 e. The first-order valence-electron chi connectivity index (χ1n) is 4.22. The fourth-order valence-electron chi connectivity index (χ4n) is 1.39. The van der Waals surface area contributed by atoms with Gasteiger partial charge in [-0.2, -0.15) is 5.26 Å². The lowest BCUT2D eigenvalue weighted by Crippen LogP contribution is -2.16. The van der Waals surface area contributed by atoms with E-state index in [1.807, 2.05) is 6.07 Å². The van der Waals surface area contributed by atoms with Crippen molar-refractivity contribution in [1.29, 1.82) is 5.26 Å². The zero-order chi connectivity index (χ0) is 10.1. The number of rotatable bonds is 4. The number of aliphatic hydroxyl groups excluding tert-OH is 1. The quantitative estimate of drug-likeness (QED) is 0.694. The fourth-order valence-corrected chi connectivity index (χ4v) is 2.68. The van der Waals surface area contributed by atoms with Crippen LogP contribution in [0.2, 0.25) is 0 Å². The highest BCUT2D eigenvalue weighted by molar-refractivity contribution is 7.91. The molecule has 1 N–H and O–H groups in total. The van der Waals surface area contributed by atoms with Crippen LogP contribution >= 0.6 is 0 Å². The second-order valence-corrected chi connectivity index (χ2v) is 5.92. The molecule has 2 unspecified atom stereocenters. The molecule has 1 aliphatic rings. The van der Waals surface area contributed by atoms with Crippen LogP contribution in [0.15, 0.2) is 0 Å². The summed E-state index contributed by atoms with van der Waals surface area (Å²) in [6.45, 7) is 1.36. The molecule has 1 saturated carbocycles. The molecule has 1 rings (SSSR count). The number of sulfone groups is 1. The van der Waals surface area contributed by atoms with E-state index in [1.165, 1.54) is 0 Å². The number of hydrogen-bond donors (Lipinski definition) is 1. The van der Waals surface area contributed by atoms with Crippen LogP contribution in [-0.2, 0) is 9.84 Å². The van der Waals surface area contributed by atoms with Crippen LogP contribution in [-0.4, -0.2) is 31.6 Å². The van der Waals surface area contributed by atoms with Crippen molar-refractivity contribution >= 4 is 9.84 Å². The van der Waals surface area contributed by atoms with Crippen LogP contribution in [0.1, 0.15) is 13.3 Å². The molecule has 0 aromatic rings. The van der Waals surface area contributed by atoms with E-state index >= 15 is 0 Å². The van der Waals surface area contributed by atoms with Gasteiger partial charge in [0.2, 0.25) is 0 Å². The predicted octanol–water partition coefficient (Wildman–Crippen LogP) is -0.0567. The third-order valence-electron chi connectivity index (χ3n) is 2.63. The molecule has 1 fully saturated rings. The van der Waals surface area contributed by atoms with Crippen LogP contribution in [0.3, 0.4) is 0 Å². The lowest BCUT2D eigenvalue weighted by Gasteiger charge is -2.03. The van der Waals surface area contributed by atoms with Crippen LogP contribution in [0.4, 0.5) is 0 Å². The Labute approximate surface area is 78.1 Å². The van der Waals surface area contributed by atoms with Gasteiger partial charge in [0.05, 0.1) is 23.8 Å². The van der Waals surface area contributed by atoms with E-state index in [4.69, 9.17) is 10.4 Å².